The van der Waals surface area contributed by atoms with Gasteiger partial charge in [0.25, 0.3) is 5.91 Å². The molecule has 2 aromatic heterocycles. The number of nitrogens with zero attached hydrogens (tertiary/aromatic N) is 4. The molecule has 0 aliphatic carbocycles. The van der Waals surface area contributed by atoms with E-state index in [1.807, 2.05) is 61.0 Å². The molecular weight excluding hydrogens is 416 g/mol. The monoisotopic (exact) mass is 444 g/mol. The van der Waals surface area contributed by atoms with Crippen LogP contribution in [0.5, 0.6) is 0 Å². The molecule has 2 aromatic carbocycles. The van der Waals surface area contributed by atoms with Gasteiger partial charge in [0.1, 0.15) is 0 Å². The van der Waals surface area contributed by atoms with Gasteiger partial charge in [0.15, 0.2) is 5.13 Å². The Hall–Kier alpha value is -3.25. The summed E-state index contributed by atoms with van der Waals surface area (Å²) in [6, 6.07) is 18.2. The van der Waals surface area contributed by atoms with E-state index in [-0.39, 0.29) is 5.91 Å². The van der Waals surface area contributed by atoms with E-state index in [9.17, 15) is 4.79 Å². The van der Waals surface area contributed by atoms with E-state index in [1.54, 1.807) is 22.3 Å². The number of amides is 1. The van der Waals surface area contributed by atoms with Gasteiger partial charge in [-0.2, -0.15) is 5.10 Å². The fourth-order valence-corrected chi connectivity index (χ4v) is 4.79. The van der Waals surface area contributed by atoms with Crippen molar-refractivity contribution >= 4 is 38.7 Å². The summed E-state index contributed by atoms with van der Waals surface area (Å²) in [5.74, 6) is 0.283. The first-order chi connectivity index (χ1) is 15.4. The Morgan fingerprint density at radius 2 is 1.91 bits per heavy atom. The van der Waals surface area contributed by atoms with Crippen LogP contribution in [0.25, 0.3) is 16.3 Å². The zero-order valence-electron chi connectivity index (χ0n) is 18.9. The van der Waals surface area contributed by atoms with E-state index >= 15 is 0 Å². The third-order valence-electron chi connectivity index (χ3n) is 5.41. The number of benzene rings is 2. The third kappa shape index (κ3) is 4.81. The van der Waals surface area contributed by atoms with Crippen LogP contribution in [-0.4, -0.2) is 27.2 Å². The maximum Gasteiger partial charge on any atom is 0.252 e. The summed E-state index contributed by atoms with van der Waals surface area (Å²) in [6.07, 6.45) is 3.48. The summed E-state index contributed by atoms with van der Waals surface area (Å²) >= 11 is 1.56. The van der Waals surface area contributed by atoms with E-state index in [0.717, 1.165) is 32.3 Å². The molecule has 0 bridgehead atoms. The van der Waals surface area contributed by atoms with Crippen LogP contribution in [0.15, 0.2) is 60.7 Å². The van der Waals surface area contributed by atoms with Crippen molar-refractivity contribution in [3.8, 4) is 0 Å². The van der Waals surface area contributed by atoms with Gasteiger partial charge in [-0.3, -0.25) is 14.4 Å². The number of carbonyl (C=O) groups excluding carboxylic acids is 1. The van der Waals surface area contributed by atoms with E-state index in [2.05, 4.69) is 37.1 Å². The molecule has 4 rings (SSSR count). The summed E-state index contributed by atoms with van der Waals surface area (Å²) in [4.78, 5) is 20.0. The average Bonchev–Trinajstić information content (AvgIpc) is 3.35. The number of hydrogen-bond acceptors (Lipinski definition) is 4. The van der Waals surface area contributed by atoms with Gasteiger partial charge in [0.2, 0.25) is 0 Å². The smallest absolute Gasteiger partial charge is 0.252 e. The highest BCUT2D eigenvalue weighted by Gasteiger charge is 2.20. The number of carbonyl (C=O) groups is 1. The predicted octanol–water partition coefficient (Wildman–Crippen LogP) is 5.98. The van der Waals surface area contributed by atoms with E-state index < -0.39 is 0 Å². The van der Waals surface area contributed by atoms with E-state index in [1.165, 1.54) is 5.56 Å². The highest BCUT2D eigenvalue weighted by atomic mass is 32.1. The minimum absolute atomic E-state index is 0.0828. The Kier molecular flexibility index (Phi) is 6.51. The van der Waals surface area contributed by atoms with Crippen LogP contribution in [0.3, 0.4) is 0 Å². The number of aryl methyl sites for hydroxylation is 2. The number of thiazole rings is 1. The molecule has 0 saturated heterocycles. The van der Waals surface area contributed by atoms with Gasteiger partial charge in [-0.05, 0) is 49.1 Å². The molecule has 0 radical (unpaired) electrons. The maximum atomic E-state index is 13.3. The number of rotatable bonds is 7. The molecule has 0 saturated carbocycles. The number of hydrogen-bond donors (Lipinski definition) is 0. The highest BCUT2D eigenvalue weighted by molar-refractivity contribution is 7.22. The zero-order valence-corrected chi connectivity index (χ0v) is 19.8. The van der Waals surface area contributed by atoms with Gasteiger partial charge in [-0.25, -0.2) is 4.98 Å². The van der Waals surface area contributed by atoms with Crippen LogP contribution in [0.4, 0.5) is 5.13 Å². The van der Waals surface area contributed by atoms with Gasteiger partial charge in [0.05, 0.1) is 22.5 Å². The van der Waals surface area contributed by atoms with Crippen molar-refractivity contribution in [2.45, 2.75) is 40.2 Å². The zero-order chi connectivity index (χ0) is 22.7. The van der Waals surface area contributed by atoms with Gasteiger partial charge in [-0.15, -0.1) is 0 Å². The number of fused-ring (bicyclic) bond motifs is 1. The molecule has 0 spiro atoms. The number of anilines is 1. The lowest BCUT2D eigenvalue weighted by molar-refractivity contribution is -0.114. The molecule has 2 heterocycles. The Morgan fingerprint density at radius 3 is 2.59 bits per heavy atom. The molecule has 0 N–H and O–H groups in total. The van der Waals surface area contributed by atoms with Gasteiger partial charge in [0, 0.05) is 18.3 Å². The fraction of sp³-hybridized carbons (Fsp3) is 0.269. The van der Waals surface area contributed by atoms with Gasteiger partial charge >= 0.3 is 0 Å². The third-order valence-corrected chi connectivity index (χ3v) is 6.46. The second-order valence-electron chi connectivity index (χ2n) is 8.23. The molecule has 6 heteroatoms. The minimum atomic E-state index is -0.0828. The Bertz CT molecular complexity index is 1250. The van der Waals surface area contributed by atoms with Crippen molar-refractivity contribution in [1.29, 1.82) is 0 Å². The molecule has 1 amide bonds. The minimum Gasteiger partial charge on any atom is -0.283 e. The Morgan fingerprint density at radius 1 is 1.12 bits per heavy atom. The lowest BCUT2D eigenvalue weighted by Crippen LogP contribution is -2.33. The van der Waals surface area contributed by atoms with Crippen molar-refractivity contribution in [2.75, 3.05) is 11.4 Å². The summed E-state index contributed by atoms with van der Waals surface area (Å²) in [6.45, 7) is 9.46. The topological polar surface area (TPSA) is 51.0 Å². The fourth-order valence-electron chi connectivity index (χ4n) is 3.76. The first-order valence-electron chi connectivity index (χ1n) is 10.9. The van der Waals surface area contributed by atoms with Crippen LogP contribution >= 0.6 is 11.3 Å². The largest absolute Gasteiger partial charge is 0.283 e. The lowest BCUT2D eigenvalue weighted by Gasteiger charge is -2.18. The second-order valence-corrected chi connectivity index (χ2v) is 9.24. The van der Waals surface area contributed by atoms with Gasteiger partial charge in [-0.1, -0.05) is 67.6 Å². The highest BCUT2D eigenvalue weighted by Crippen LogP contribution is 2.33. The Balaban J connectivity index is 1.67. The van der Waals surface area contributed by atoms with Crippen LogP contribution in [0.2, 0.25) is 0 Å². The molecule has 0 aliphatic heterocycles. The standard InChI is InChI=1S/C26H28N4OS/c1-18(2)22-11-8-12-23-25(22)27-26(32-23)29(15-16-30-20(4)17-19(3)28-30)24(31)14-13-21-9-6-5-7-10-21/h5-14,17-18H,15-16H2,1-4H3/b14-13+. The maximum absolute atomic E-state index is 13.3. The first-order valence-corrected chi connectivity index (χ1v) is 11.7. The molecule has 4 aromatic rings. The van der Waals surface area contributed by atoms with Crippen LogP contribution in [0, 0.1) is 13.8 Å². The van der Waals surface area contributed by atoms with E-state index in [0.29, 0.717) is 19.0 Å². The molecular formula is C26H28N4OS. The van der Waals surface area contributed by atoms with Crippen molar-refractivity contribution < 1.29 is 4.79 Å². The molecule has 164 valence electrons. The molecule has 0 atom stereocenters. The second kappa shape index (κ2) is 9.49. The summed E-state index contributed by atoms with van der Waals surface area (Å²) in [5, 5.41) is 5.27. The Labute approximate surface area is 193 Å². The van der Waals surface area contributed by atoms with Crippen molar-refractivity contribution in [3.05, 3.63) is 83.2 Å². The average molecular weight is 445 g/mol. The quantitative estimate of drug-likeness (QED) is 0.330. The molecule has 0 aliphatic rings. The first kappa shape index (κ1) is 22.0. The summed E-state index contributed by atoms with van der Waals surface area (Å²) in [5.41, 5.74) is 5.24. The normalized spacial score (nSPS) is 11.7. The summed E-state index contributed by atoms with van der Waals surface area (Å²) < 4.78 is 3.05. The number of aromatic nitrogens is 3. The predicted molar refractivity (Wildman–Crippen MR) is 133 cm³/mol. The van der Waals surface area contributed by atoms with Crippen molar-refractivity contribution in [3.63, 3.8) is 0 Å². The molecule has 32 heavy (non-hydrogen) atoms. The molecule has 0 unspecified atom stereocenters. The van der Waals surface area contributed by atoms with Crippen LogP contribution in [0.1, 0.15) is 42.3 Å². The van der Waals surface area contributed by atoms with Gasteiger partial charge < -0.3 is 0 Å². The van der Waals surface area contributed by atoms with E-state index in [4.69, 9.17) is 4.98 Å². The summed E-state index contributed by atoms with van der Waals surface area (Å²) in [7, 11) is 0. The van der Waals surface area contributed by atoms with Crippen molar-refractivity contribution in [2.24, 2.45) is 0 Å². The SMILES string of the molecule is Cc1cc(C)n(CCN(C(=O)/C=C/c2ccccc2)c2nc3c(C(C)C)cccc3s2)n1. The number of para-hydroxylation sites is 1. The van der Waals surface area contributed by atoms with Crippen LogP contribution in [-0.2, 0) is 11.3 Å². The lowest BCUT2D eigenvalue weighted by atomic mass is 10.0. The molecule has 0 fully saturated rings. The van der Waals surface area contributed by atoms with Crippen molar-refractivity contribution in [1.82, 2.24) is 14.8 Å². The molecule has 5 nitrogen and oxygen atoms in total. The van der Waals surface area contributed by atoms with Crippen LogP contribution < -0.4 is 4.90 Å².